The highest BCUT2D eigenvalue weighted by atomic mass is 35.5. The number of halogens is 1. The van der Waals surface area contributed by atoms with Crippen molar-refractivity contribution in [2.75, 3.05) is 13.1 Å². The maximum Gasteiger partial charge on any atom is 0.0406 e. The standard InChI is InChI=1S/C15H24ClN/c1-4-9-17-11-14(10-12(2)3)13-5-7-15(16)8-6-13/h5-8,12,14,17H,4,9-11H2,1-3H3. The molecular weight excluding hydrogens is 230 g/mol. The van der Waals surface area contributed by atoms with E-state index in [9.17, 15) is 0 Å². The summed E-state index contributed by atoms with van der Waals surface area (Å²) in [6.07, 6.45) is 2.41. The van der Waals surface area contributed by atoms with Crippen LogP contribution in [0.3, 0.4) is 0 Å². The van der Waals surface area contributed by atoms with Gasteiger partial charge in [-0.1, -0.05) is 44.5 Å². The minimum Gasteiger partial charge on any atom is -0.316 e. The summed E-state index contributed by atoms with van der Waals surface area (Å²) in [5.41, 5.74) is 1.40. The van der Waals surface area contributed by atoms with Gasteiger partial charge in [0, 0.05) is 11.6 Å². The monoisotopic (exact) mass is 253 g/mol. The SMILES string of the molecule is CCCNCC(CC(C)C)c1ccc(Cl)cc1. The molecule has 1 aromatic carbocycles. The fraction of sp³-hybridized carbons (Fsp3) is 0.600. The molecular formula is C15H24ClN. The van der Waals surface area contributed by atoms with Crippen LogP contribution in [0.15, 0.2) is 24.3 Å². The normalized spacial score (nSPS) is 13.0. The van der Waals surface area contributed by atoms with Crippen LogP contribution in [0, 0.1) is 5.92 Å². The summed E-state index contributed by atoms with van der Waals surface area (Å²) < 4.78 is 0. The highest BCUT2D eigenvalue weighted by molar-refractivity contribution is 6.30. The van der Waals surface area contributed by atoms with Gasteiger partial charge in [0.2, 0.25) is 0 Å². The number of rotatable bonds is 7. The van der Waals surface area contributed by atoms with E-state index in [0.717, 1.165) is 24.0 Å². The van der Waals surface area contributed by atoms with Gasteiger partial charge >= 0.3 is 0 Å². The number of benzene rings is 1. The Labute approximate surface area is 111 Å². The lowest BCUT2D eigenvalue weighted by molar-refractivity contribution is 0.470. The molecule has 0 aliphatic heterocycles. The Bertz CT molecular complexity index is 305. The average molecular weight is 254 g/mol. The van der Waals surface area contributed by atoms with Gasteiger partial charge in [0.25, 0.3) is 0 Å². The Hall–Kier alpha value is -0.530. The van der Waals surface area contributed by atoms with Crippen molar-refractivity contribution in [1.29, 1.82) is 0 Å². The van der Waals surface area contributed by atoms with Crippen LogP contribution in [0.2, 0.25) is 5.02 Å². The Morgan fingerprint density at radius 3 is 2.35 bits per heavy atom. The zero-order valence-electron chi connectivity index (χ0n) is 11.2. The topological polar surface area (TPSA) is 12.0 Å². The molecule has 0 aliphatic rings. The molecule has 1 N–H and O–H groups in total. The zero-order valence-corrected chi connectivity index (χ0v) is 11.9. The maximum atomic E-state index is 5.93. The van der Waals surface area contributed by atoms with E-state index in [2.05, 4.69) is 38.2 Å². The molecule has 0 fully saturated rings. The fourth-order valence-electron chi connectivity index (χ4n) is 2.09. The molecule has 0 saturated heterocycles. The van der Waals surface area contributed by atoms with Crippen LogP contribution in [-0.4, -0.2) is 13.1 Å². The Kier molecular flexibility index (Phi) is 6.61. The summed E-state index contributed by atoms with van der Waals surface area (Å²) in [5.74, 6) is 1.32. The number of hydrogen-bond acceptors (Lipinski definition) is 1. The Balaban J connectivity index is 2.64. The van der Waals surface area contributed by atoms with E-state index in [-0.39, 0.29) is 0 Å². The number of hydrogen-bond donors (Lipinski definition) is 1. The summed E-state index contributed by atoms with van der Waals surface area (Å²) in [6.45, 7) is 8.92. The summed E-state index contributed by atoms with van der Waals surface area (Å²) in [7, 11) is 0. The van der Waals surface area contributed by atoms with Crippen LogP contribution in [0.5, 0.6) is 0 Å². The molecule has 0 bridgehead atoms. The van der Waals surface area contributed by atoms with Crippen molar-refractivity contribution in [2.24, 2.45) is 5.92 Å². The second-order valence-corrected chi connectivity index (χ2v) is 5.52. The molecule has 0 amide bonds. The quantitative estimate of drug-likeness (QED) is 0.707. The highest BCUT2D eigenvalue weighted by Gasteiger charge is 2.12. The van der Waals surface area contributed by atoms with Gasteiger partial charge in [-0.3, -0.25) is 0 Å². The van der Waals surface area contributed by atoms with Gasteiger partial charge in [0.05, 0.1) is 0 Å². The van der Waals surface area contributed by atoms with E-state index in [1.165, 1.54) is 18.4 Å². The minimum atomic E-state index is 0.596. The lowest BCUT2D eigenvalue weighted by Crippen LogP contribution is -2.23. The van der Waals surface area contributed by atoms with E-state index in [1.807, 2.05) is 12.1 Å². The van der Waals surface area contributed by atoms with Crippen molar-refractivity contribution in [1.82, 2.24) is 5.32 Å². The van der Waals surface area contributed by atoms with Crippen molar-refractivity contribution in [2.45, 2.75) is 39.5 Å². The molecule has 0 saturated carbocycles. The van der Waals surface area contributed by atoms with Gasteiger partial charge in [-0.25, -0.2) is 0 Å². The molecule has 17 heavy (non-hydrogen) atoms. The Morgan fingerprint density at radius 2 is 1.82 bits per heavy atom. The summed E-state index contributed by atoms with van der Waals surface area (Å²) in [4.78, 5) is 0. The lowest BCUT2D eigenvalue weighted by atomic mass is 9.90. The summed E-state index contributed by atoms with van der Waals surface area (Å²) in [6, 6.07) is 8.29. The van der Waals surface area contributed by atoms with Crippen molar-refractivity contribution >= 4 is 11.6 Å². The van der Waals surface area contributed by atoms with Gasteiger partial charge in [0.15, 0.2) is 0 Å². The third-order valence-electron chi connectivity index (χ3n) is 2.91. The summed E-state index contributed by atoms with van der Waals surface area (Å²) >= 11 is 5.93. The third-order valence-corrected chi connectivity index (χ3v) is 3.17. The molecule has 1 atom stereocenters. The van der Waals surface area contributed by atoms with Gasteiger partial charge < -0.3 is 5.32 Å². The van der Waals surface area contributed by atoms with Crippen LogP contribution in [0.4, 0.5) is 0 Å². The largest absolute Gasteiger partial charge is 0.316 e. The van der Waals surface area contributed by atoms with Crippen molar-refractivity contribution in [3.05, 3.63) is 34.9 Å². The first-order chi connectivity index (χ1) is 8.13. The molecule has 0 aromatic heterocycles. The molecule has 0 heterocycles. The van der Waals surface area contributed by atoms with Crippen LogP contribution in [-0.2, 0) is 0 Å². The lowest BCUT2D eigenvalue weighted by Gasteiger charge is -2.20. The minimum absolute atomic E-state index is 0.596. The van der Waals surface area contributed by atoms with Crippen molar-refractivity contribution in [3.8, 4) is 0 Å². The molecule has 0 aliphatic carbocycles. The van der Waals surface area contributed by atoms with Gasteiger partial charge in [-0.2, -0.15) is 0 Å². The van der Waals surface area contributed by atoms with Gasteiger partial charge in [0.1, 0.15) is 0 Å². The maximum absolute atomic E-state index is 5.93. The molecule has 1 aromatic rings. The Morgan fingerprint density at radius 1 is 1.18 bits per heavy atom. The molecule has 1 unspecified atom stereocenters. The molecule has 1 nitrogen and oxygen atoms in total. The zero-order chi connectivity index (χ0) is 12.7. The predicted octanol–water partition coefficient (Wildman–Crippen LogP) is 4.47. The van der Waals surface area contributed by atoms with E-state index in [1.54, 1.807) is 0 Å². The second kappa shape index (κ2) is 7.73. The van der Waals surface area contributed by atoms with Crippen LogP contribution >= 0.6 is 11.6 Å². The van der Waals surface area contributed by atoms with Crippen LogP contribution in [0.25, 0.3) is 0 Å². The van der Waals surface area contributed by atoms with Gasteiger partial charge in [-0.05, 0) is 48.9 Å². The van der Waals surface area contributed by atoms with E-state index in [0.29, 0.717) is 5.92 Å². The fourth-order valence-corrected chi connectivity index (χ4v) is 2.22. The first-order valence-corrected chi connectivity index (χ1v) is 6.97. The van der Waals surface area contributed by atoms with Crippen LogP contribution < -0.4 is 5.32 Å². The van der Waals surface area contributed by atoms with Crippen molar-refractivity contribution in [3.63, 3.8) is 0 Å². The van der Waals surface area contributed by atoms with Gasteiger partial charge in [-0.15, -0.1) is 0 Å². The predicted molar refractivity (Wildman–Crippen MR) is 76.8 cm³/mol. The summed E-state index contributed by atoms with van der Waals surface area (Å²) in [5, 5.41) is 4.34. The molecule has 96 valence electrons. The van der Waals surface area contributed by atoms with E-state index in [4.69, 9.17) is 11.6 Å². The smallest absolute Gasteiger partial charge is 0.0406 e. The van der Waals surface area contributed by atoms with E-state index >= 15 is 0 Å². The molecule has 1 rings (SSSR count). The average Bonchev–Trinajstić information content (AvgIpc) is 2.28. The van der Waals surface area contributed by atoms with E-state index < -0.39 is 0 Å². The first-order valence-electron chi connectivity index (χ1n) is 6.59. The highest BCUT2D eigenvalue weighted by Crippen LogP contribution is 2.24. The number of nitrogens with one attached hydrogen (secondary N) is 1. The first kappa shape index (κ1) is 14.5. The third kappa shape index (κ3) is 5.56. The second-order valence-electron chi connectivity index (χ2n) is 5.08. The molecule has 2 heteroatoms. The van der Waals surface area contributed by atoms with Crippen LogP contribution in [0.1, 0.15) is 45.1 Å². The molecule has 0 radical (unpaired) electrons. The molecule has 0 spiro atoms. The van der Waals surface area contributed by atoms with Crippen molar-refractivity contribution < 1.29 is 0 Å².